The highest BCUT2D eigenvalue weighted by atomic mass is 16.6. The summed E-state index contributed by atoms with van der Waals surface area (Å²) in [5, 5.41) is 2.82. The topological polar surface area (TPSA) is 73.9 Å². The van der Waals surface area contributed by atoms with Gasteiger partial charge in [-0.05, 0) is 41.8 Å². The first kappa shape index (κ1) is 22.9. The molecule has 0 aliphatic carbocycles. The zero-order valence-corrected chi connectivity index (χ0v) is 18.0. The van der Waals surface area contributed by atoms with Crippen LogP contribution in [0.2, 0.25) is 0 Å². The minimum absolute atomic E-state index is 0.165. The number of ether oxygens (including phenoxy) is 3. The lowest BCUT2D eigenvalue weighted by molar-refractivity contribution is -0.150. The highest BCUT2D eigenvalue weighted by molar-refractivity contribution is 5.80. The number of benzene rings is 3. The van der Waals surface area contributed by atoms with Crippen molar-refractivity contribution in [3.63, 3.8) is 0 Å². The van der Waals surface area contributed by atoms with Crippen LogP contribution in [0.5, 0.6) is 11.5 Å². The molecule has 1 N–H and O–H groups in total. The van der Waals surface area contributed by atoms with Gasteiger partial charge in [-0.15, -0.1) is 0 Å². The number of rotatable bonds is 11. The van der Waals surface area contributed by atoms with Crippen LogP contribution >= 0.6 is 0 Å². The van der Waals surface area contributed by atoms with Crippen LogP contribution in [0.4, 0.5) is 0 Å². The van der Waals surface area contributed by atoms with Gasteiger partial charge in [-0.1, -0.05) is 60.7 Å². The van der Waals surface area contributed by atoms with Gasteiger partial charge in [-0.25, -0.2) is 4.79 Å². The number of amides is 1. The Balaban J connectivity index is 1.41. The number of carbonyl (C=O) groups is 2. The maximum atomic E-state index is 12.1. The van der Waals surface area contributed by atoms with Crippen molar-refractivity contribution in [1.82, 2.24) is 5.32 Å². The fourth-order valence-electron chi connectivity index (χ4n) is 3.31. The second kappa shape index (κ2) is 12.2. The van der Waals surface area contributed by atoms with Crippen LogP contribution < -0.4 is 14.8 Å². The van der Waals surface area contributed by atoms with Gasteiger partial charge in [0.2, 0.25) is 0 Å². The van der Waals surface area contributed by atoms with Gasteiger partial charge < -0.3 is 19.5 Å². The fraction of sp³-hybridized carbons (Fsp3) is 0.231. The van der Waals surface area contributed by atoms with Crippen molar-refractivity contribution < 1.29 is 23.8 Å². The van der Waals surface area contributed by atoms with E-state index < -0.39 is 5.97 Å². The van der Waals surface area contributed by atoms with Crippen LogP contribution in [0.25, 0.3) is 0 Å². The first-order valence-corrected chi connectivity index (χ1v) is 10.4. The molecule has 32 heavy (non-hydrogen) atoms. The molecule has 6 heteroatoms. The molecule has 0 spiro atoms. The van der Waals surface area contributed by atoms with Crippen LogP contribution in [0, 0.1) is 0 Å². The molecule has 0 atom stereocenters. The second-order valence-corrected chi connectivity index (χ2v) is 7.14. The number of hydrogen-bond acceptors (Lipinski definition) is 5. The second-order valence-electron chi connectivity index (χ2n) is 7.14. The van der Waals surface area contributed by atoms with E-state index in [9.17, 15) is 9.59 Å². The third-order valence-electron chi connectivity index (χ3n) is 4.94. The predicted molar refractivity (Wildman–Crippen MR) is 122 cm³/mol. The largest absolute Gasteiger partial charge is 0.497 e. The van der Waals surface area contributed by atoms with Gasteiger partial charge in [-0.3, -0.25) is 4.79 Å². The highest BCUT2D eigenvalue weighted by Crippen LogP contribution is 2.27. The Kier molecular flexibility index (Phi) is 8.69. The molecule has 0 fully saturated rings. The lowest BCUT2D eigenvalue weighted by Gasteiger charge is -2.18. The van der Waals surface area contributed by atoms with E-state index in [2.05, 4.69) is 29.6 Å². The zero-order chi connectivity index (χ0) is 22.6. The van der Waals surface area contributed by atoms with E-state index in [1.807, 2.05) is 36.4 Å². The smallest absolute Gasteiger partial charge is 0.344 e. The van der Waals surface area contributed by atoms with Crippen LogP contribution in [0.15, 0.2) is 84.9 Å². The van der Waals surface area contributed by atoms with Crippen molar-refractivity contribution in [2.75, 3.05) is 26.9 Å². The van der Waals surface area contributed by atoms with Gasteiger partial charge >= 0.3 is 5.97 Å². The highest BCUT2D eigenvalue weighted by Gasteiger charge is 2.15. The molecular weight excluding hydrogens is 406 g/mol. The van der Waals surface area contributed by atoms with Crippen molar-refractivity contribution in [2.24, 2.45) is 0 Å². The molecule has 6 nitrogen and oxygen atoms in total. The summed E-state index contributed by atoms with van der Waals surface area (Å²) >= 11 is 0. The van der Waals surface area contributed by atoms with Crippen molar-refractivity contribution in [3.05, 3.63) is 96.1 Å². The number of methoxy groups -OCH3 is 1. The molecule has 0 bridgehead atoms. The van der Waals surface area contributed by atoms with Gasteiger partial charge in [-0.2, -0.15) is 0 Å². The summed E-state index contributed by atoms with van der Waals surface area (Å²) in [5.74, 6) is 0.418. The Labute approximate surface area is 188 Å². The first-order valence-electron chi connectivity index (χ1n) is 10.4. The number of esters is 1. The number of carbonyl (C=O) groups excluding carboxylic acids is 2. The van der Waals surface area contributed by atoms with E-state index in [-0.39, 0.29) is 25.0 Å². The summed E-state index contributed by atoms with van der Waals surface area (Å²) < 4.78 is 15.4. The molecule has 1 amide bonds. The average Bonchev–Trinajstić information content (AvgIpc) is 2.85. The fourth-order valence-corrected chi connectivity index (χ4v) is 3.31. The Bertz CT molecular complexity index is 935. The Morgan fingerprint density at radius 2 is 1.34 bits per heavy atom. The maximum Gasteiger partial charge on any atom is 0.344 e. The molecule has 0 saturated heterocycles. The molecule has 0 heterocycles. The SMILES string of the molecule is COc1ccc(OCC(=O)OCC(=O)NCCC(c2ccccc2)c2ccccc2)cc1. The molecule has 0 aromatic heterocycles. The molecule has 3 aromatic carbocycles. The van der Waals surface area contributed by atoms with Gasteiger partial charge in [0.25, 0.3) is 5.91 Å². The van der Waals surface area contributed by atoms with Crippen molar-refractivity contribution in [3.8, 4) is 11.5 Å². The average molecular weight is 434 g/mol. The Hall–Kier alpha value is -3.80. The van der Waals surface area contributed by atoms with Crippen LogP contribution in [0.1, 0.15) is 23.5 Å². The van der Waals surface area contributed by atoms with E-state index >= 15 is 0 Å². The molecule has 0 radical (unpaired) electrons. The Morgan fingerprint density at radius 3 is 1.91 bits per heavy atom. The Morgan fingerprint density at radius 1 is 0.781 bits per heavy atom. The third kappa shape index (κ3) is 7.16. The normalized spacial score (nSPS) is 10.4. The molecule has 3 rings (SSSR count). The maximum absolute atomic E-state index is 12.1. The summed E-state index contributed by atoms with van der Waals surface area (Å²) in [6.45, 7) is -0.150. The quantitative estimate of drug-likeness (QED) is 0.464. The zero-order valence-electron chi connectivity index (χ0n) is 18.0. The molecule has 0 aliphatic heterocycles. The van der Waals surface area contributed by atoms with Gasteiger partial charge in [0.1, 0.15) is 11.5 Å². The molecule has 0 saturated carbocycles. The van der Waals surface area contributed by atoms with Crippen molar-refractivity contribution in [2.45, 2.75) is 12.3 Å². The molecular formula is C26H27NO5. The van der Waals surface area contributed by atoms with Gasteiger partial charge in [0.05, 0.1) is 7.11 Å². The summed E-state index contributed by atoms with van der Waals surface area (Å²) in [5.41, 5.74) is 2.38. The van der Waals surface area contributed by atoms with Gasteiger partial charge in [0, 0.05) is 12.5 Å². The summed E-state index contributed by atoms with van der Waals surface area (Å²) in [7, 11) is 1.57. The van der Waals surface area contributed by atoms with Crippen molar-refractivity contribution in [1.29, 1.82) is 0 Å². The third-order valence-corrected chi connectivity index (χ3v) is 4.94. The summed E-state index contributed by atoms with van der Waals surface area (Å²) in [4.78, 5) is 23.9. The summed E-state index contributed by atoms with van der Waals surface area (Å²) in [6.07, 6.45) is 0.730. The first-order chi connectivity index (χ1) is 15.7. The lowest BCUT2D eigenvalue weighted by Crippen LogP contribution is -2.31. The standard InChI is InChI=1S/C26H27NO5/c1-30-22-12-14-23(15-13-22)31-19-26(29)32-18-25(28)27-17-16-24(20-8-4-2-5-9-20)21-10-6-3-7-11-21/h2-15,24H,16-19H2,1H3,(H,27,28). The van der Waals surface area contributed by atoms with E-state index in [1.165, 1.54) is 11.1 Å². The summed E-state index contributed by atoms with van der Waals surface area (Å²) in [6, 6.07) is 27.2. The number of nitrogens with one attached hydrogen (secondary N) is 1. The monoisotopic (exact) mass is 433 g/mol. The van der Waals surface area contributed by atoms with Crippen LogP contribution in [-0.2, 0) is 14.3 Å². The van der Waals surface area contributed by atoms with Crippen LogP contribution in [0.3, 0.4) is 0 Å². The van der Waals surface area contributed by atoms with Crippen molar-refractivity contribution >= 4 is 11.9 Å². The van der Waals surface area contributed by atoms with E-state index in [0.717, 1.165) is 6.42 Å². The number of hydrogen-bond donors (Lipinski definition) is 1. The predicted octanol–water partition coefficient (Wildman–Crippen LogP) is 3.96. The van der Waals surface area contributed by atoms with Gasteiger partial charge in [0.15, 0.2) is 13.2 Å². The molecule has 0 unspecified atom stereocenters. The van der Waals surface area contributed by atoms with E-state index in [1.54, 1.807) is 31.4 Å². The molecule has 166 valence electrons. The molecule has 3 aromatic rings. The minimum atomic E-state index is -0.609. The minimum Gasteiger partial charge on any atom is -0.497 e. The van der Waals surface area contributed by atoms with E-state index in [0.29, 0.717) is 18.0 Å². The lowest BCUT2D eigenvalue weighted by atomic mass is 9.88. The van der Waals surface area contributed by atoms with Crippen LogP contribution in [-0.4, -0.2) is 38.7 Å². The molecule has 0 aliphatic rings. The van der Waals surface area contributed by atoms with E-state index in [4.69, 9.17) is 14.2 Å².